The number of aryl methyl sites for hydroxylation is 1. The molecule has 2 aromatic heterocycles. The molecule has 40 heavy (non-hydrogen) atoms. The quantitative estimate of drug-likeness (QED) is 0.318. The molecule has 2 N–H and O–H groups in total. The maximum absolute atomic E-state index is 10.8. The van der Waals surface area contributed by atoms with E-state index >= 15 is 0 Å². The molecule has 2 aromatic rings. The van der Waals surface area contributed by atoms with E-state index in [2.05, 4.69) is 75.8 Å². The fourth-order valence-electron chi connectivity index (χ4n) is 5.60. The van der Waals surface area contributed by atoms with Crippen molar-refractivity contribution in [2.45, 2.75) is 78.8 Å². The number of piperazine rings is 1. The van der Waals surface area contributed by atoms with Crippen LogP contribution in [-0.2, 0) is 11.2 Å². The van der Waals surface area contributed by atoms with Crippen molar-refractivity contribution in [3.63, 3.8) is 0 Å². The minimum atomic E-state index is 0.127. The molecule has 1 aliphatic carbocycles. The lowest BCUT2D eigenvalue weighted by Gasteiger charge is -2.33. The number of allylic oxidation sites excluding steroid dienone is 1. The molecule has 10 heteroatoms. The van der Waals surface area contributed by atoms with Crippen LogP contribution in [0.5, 0.6) is 0 Å². The lowest BCUT2D eigenvalue weighted by atomic mass is 9.82. The Morgan fingerprint density at radius 1 is 1.18 bits per heavy atom. The third-order valence-corrected chi connectivity index (χ3v) is 8.84. The molecular weight excluding hydrogens is 520 g/mol. The van der Waals surface area contributed by atoms with Gasteiger partial charge in [-0.05, 0) is 44.1 Å². The minimum Gasteiger partial charge on any atom is -0.368 e. The summed E-state index contributed by atoms with van der Waals surface area (Å²) in [5.74, 6) is 2.87. The lowest BCUT2D eigenvalue weighted by Crippen LogP contribution is -2.46. The molecule has 0 aromatic carbocycles. The second kappa shape index (κ2) is 15.7. The van der Waals surface area contributed by atoms with Crippen molar-refractivity contribution < 1.29 is 4.79 Å². The highest BCUT2D eigenvalue weighted by Gasteiger charge is 2.31. The highest BCUT2D eigenvalue weighted by molar-refractivity contribution is 7.18. The van der Waals surface area contributed by atoms with Gasteiger partial charge in [-0.2, -0.15) is 10.1 Å². The first-order chi connectivity index (χ1) is 19.4. The first kappa shape index (κ1) is 31.5. The Bertz CT molecular complexity index is 1140. The van der Waals surface area contributed by atoms with E-state index in [-0.39, 0.29) is 12.1 Å². The summed E-state index contributed by atoms with van der Waals surface area (Å²) >= 11 is 1.67. The third kappa shape index (κ3) is 8.02. The van der Waals surface area contributed by atoms with Gasteiger partial charge in [0.05, 0.1) is 11.4 Å². The fraction of sp³-hybridized carbons (Fsp3) is 0.633. The number of rotatable bonds is 7. The molecule has 0 radical (unpaired) electrons. The number of carbonyl (C=O) groups is 1. The normalized spacial score (nSPS) is 24.5. The van der Waals surface area contributed by atoms with Crippen LogP contribution < -0.4 is 10.6 Å². The fourth-order valence-corrected chi connectivity index (χ4v) is 6.57. The molecule has 0 spiro atoms. The van der Waals surface area contributed by atoms with Gasteiger partial charge in [0, 0.05) is 37.6 Å². The molecular formula is C30H48N8OS. The predicted octanol–water partition coefficient (Wildman–Crippen LogP) is 6.14. The molecule has 2 unspecified atom stereocenters. The lowest BCUT2D eigenvalue weighted by molar-refractivity contribution is -0.118. The molecule has 3 aliphatic rings. The number of nitrogen functional groups attached to an aromatic ring is 1. The Balaban J connectivity index is 0.000000209. The minimum absolute atomic E-state index is 0.127. The molecule has 4 heterocycles. The number of nitrogens with zero attached hydrogens (tertiary/aromatic N) is 7. The van der Waals surface area contributed by atoms with E-state index in [1.165, 1.54) is 30.6 Å². The number of hydrogen-bond acceptors (Lipinski definition) is 9. The largest absolute Gasteiger partial charge is 0.368 e. The molecule has 9 nitrogen and oxygen atoms in total. The van der Waals surface area contributed by atoms with Gasteiger partial charge in [0.15, 0.2) is 0 Å². The van der Waals surface area contributed by atoms with Crippen molar-refractivity contribution in [1.82, 2.24) is 19.9 Å². The summed E-state index contributed by atoms with van der Waals surface area (Å²) in [6, 6.07) is 2.56. The van der Waals surface area contributed by atoms with Crippen molar-refractivity contribution in [2.24, 2.45) is 22.2 Å². The third-order valence-electron chi connectivity index (χ3n) is 7.67. The average Bonchev–Trinajstić information content (AvgIpc) is 3.57. The summed E-state index contributed by atoms with van der Waals surface area (Å²) < 4.78 is 0. The van der Waals surface area contributed by atoms with E-state index in [0.29, 0.717) is 5.95 Å². The molecule has 1 saturated carbocycles. The molecule has 1 amide bonds. The summed E-state index contributed by atoms with van der Waals surface area (Å²) in [6.07, 6.45) is 13.5. The number of carbonyl (C=O) groups excluding carboxylic acids is 1. The number of hydrogen-bond donors (Lipinski definition) is 1. The molecule has 4 atom stereocenters. The van der Waals surface area contributed by atoms with Gasteiger partial charge in [0.2, 0.25) is 12.4 Å². The topological polar surface area (TPSA) is 103 Å². The zero-order chi connectivity index (χ0) is 29.1. The standard InChI is InChI=1S/C15H25N3.C13H17N5OS.C2H6/c1-4-7-15-14(5-2)16-17-18(15)11-13-9-6-8-12(3)10-13;1-2-9-7-10-11(15-13(14)16-12(10)20-9)18-5-3-17(8-19)4-6-18;1-2/h4-5,7,12-15H,2,6,8-11H2,1,3H3;7-8H,2-6H2,1H3,(H2,14,15,16);1-2H3/b7-4-;;/t12-,13+,14?,15?;;/m1../s1. The van der Waals surface area contributed by atoms with E-state index in [4.69, 9.17) is 5.73 Å². The van der Waals surface area contributed by atoms with E-state index in [1.807, 2.05) is 19.9 Å². The smallest absolute Gasteiger partial charge is 0.223 e. The number of anilines is 2. The molecule has 2 fully saturated rings. The van der Waals surface area contributed by atoms with Crippen molar-refractivity contribution in [3.05, 3.63) is 35.8 Å². The predicted molar refractivity (Wildman–Crippen MR) is 168 cm³/mol. The Morgan fingerprint density at radius 2 is 1.93 bits per heavy atom. The van der Waals surface area contributed by atoms with Gasteiger partial charge in [0.1, 0.15) is 16.7 Å². The molecule has 1 saturated heterocycles. The van der Waals surface area contributed by atoms with Gasteiger partial charge in [0.25, 0.3) is 0 Å². The van der Waals surface area contributed by atoms with Crippen LogP contribution in [0, 0.1) is 11.8 Å². The van der Waals surface area contributed by atoms with Gasteiger partial charge in [-0.3, -0.25) is 9.80 Å². The second-order valence-corrected chi connectivity index (χ2v) is 11.6. The maximum atomic E-state index is 10.8. The molecule has 220 valence electrons. The number of thiophene rings is 1. The van der Waals surface area contributed by atoms with Crippen LogP contribution >= 0.6 is 11.3 Å². The van der Waals surface area contributed by atoms with Crippen LogP contribution in [0.15, 0.2) is 41.2 Å². The van der Waals surface area contributed by atoms with Gasteiger partial charge in [-0.25, -0.2) is 4.98 Å². The summed E-state index contributed by atoms with van der Waals surface area (Å²) in [6.45, 7) is 18.5. The van der Waals surface area contributed by atoms with Gasteiger partial charge in [-0.1, -0.05) is 64.0 Å². The van der Waals surface area contributed by atoms with Gasteiger partial charge >= 0.3 is 0 Å². The highest BCUT2D eigenvalue weighted by Crippen LogP contribution is 2.33. The average molecular weight is 569 g/mol. The summed E-state index contributed by atoms with van der Waals surface area (Å²) in [5, 5.41) is 11.9. The zero-order valence-corrected chi connectivity index (χ0v) is 25.8. The Kier molecular flexibility index (Phi) is 12.4. The van der Waals surface area contributed by atoms with Crippen LogP contribution in [0.25, 0.3) is 10.2 Å². The Morgan fingerprint density at radius 3 is 2.55 bits per heavy atom. The van der Waals surface area contributed by atoms with Gasteiger partial charge < -0.3 is 15.5 Å². The van der Waals surface area contributed by atoms with Crippen molar-refractivity contribution in [3.8, 4) is 0 Å². The van der Waals surface area contributed by atoms with Crippen LogP contribution in [0.4, 0.5) is 11.8 Å². The zero-order valence-electron chi connectivity index (χ0n) is 25.0. The number of fused-ring (bicyclic) bond motifs is 1. The first-order valence-electron chi connectivity index (χ1n) is 14.9. The van der Waals surface area contributed by atoms with Crippen LogP contribution in [0.3, 0.4) is 0 Å². The first-order valence-corrected chi connectivity index (χ1v) is 15.7. The molecule has 0 bridgehead atoms. The number of aromatic nitrogens is 2. The number of amides is 1. The van der Waals surface area contributed by atoms with E-state index in [1.54, 1.807) is 16.2 Å². The van der Waals surface area contributed by atoms with Gasteiger partial charge in [-0.15, -0.1) is 17.9 Å². The van der Waals surface area contributed by atoms with Crippen molar-refractivity contribution in [2.75, 3.05) is 43.4 Å². The van der Waals surface area contributed by atoms with Crippen molar-refractivity contribution in [1.29, 1.82) is 0 Å². The van der Waals surface area contributed by atoms with E-state index in [0.717, 1.165) is 73.4 Å². The second-order valence-electron chi connectivity index (χ2n) is 10.5. The monoisotopic (exact) mass is 568 g/mol. The van der Waals surface area contributed by atoms with Crippen LogP contribution in [-0.4, -0.2) is 71.1 Å². The Hall–Kier alpha value is -3.01. The molecule has 5 rings (SSSR count). The van der Waals surface area contributed by atoms with E-state index < -0.39 is 0 Å². The van der Waals surface area contributed by atoms with Crippen molar-refractivity contribution >= 4 is 39.7 Å². The SMILES string of the molecule is C=CC1N=NN(C[C@H]2CCC[C@@H](C)C2)C1/C=C\C.CC.CCc1cc2c(N3CCN(C=O)CC3)nc(N)nc2s1. The van der Waals surface area contributed by atoms with Crippen LogP contribution in [0.1, 0.15) is 65.2 Å². The molecule has 2 aliphatic heterocycles. The summed E-state index contributed by atoms with van der Waals surface area (Å²) in [5.41, 5.74) is 5.83. The number of nitrogens with two attached hydrogens (primary N) is 1. The Labute approximate surface area is 244 Å². The van der Waals surface area contributed by atoms with E-state index in [9.17, 15) is 4.79 Å². The van der Waals surface area contributed by atoms with Crippen LogP contribution in [0.2, 0.25) is 0 Å². The summed E-state index contributed by atoms with van der Waals surface area (Å²) in [7, 11) is 0. The maximum Gasteiger partial charge on any atom is 0.223 e. The highest BCUT2D eigenvalue weighted by atomic mass is 32.1. The summed E-state index contributed by atoms with van der Waals surface area (Å²) in [4.78, 5) is 25.7.